The van der Waals surface area contributed by atoms with E-state index in [4.69, 9.17) is 0 Å². The number of hydrogen-bond donors (Lipinski definition) is 1. The van der Waals surface area contributed by atoms with Crippen LogP contribution in [0.3, 0.4) is 0 Å². The lowest BCUT2D eigenvalue weighted by Gasteiger charge is -2.44. The van der Waals surface area contributed by atoms with Crippen LogP contribution in [0.2, 0.25) is 0 Å². The SMILES string of the molecule is CCNCC(CC)(CC)CN1CCCC(C)C1C. The van der Waals surface area contributed by atoms with Crippen molar-refractivity contribution in [3.8, 4) is 0 Å². The van der Waals surface area contributed by atoms with E-state index in [2.05, 4.69) is 44.8 Å². The van der Waals surface area contributed by atoms with E-state index in [1.165, 1.54) is 45.3 Å². The Morgan fingerprint density at radius 3 is 2.39 bits per heavy atom. The third-order valence-electron chi connectivity index (χ3n) is 5.29. The van der Waals surface area contributed by atoms with Gasteiger partial charge in [-0.3, -0.25) is 4.90 Å². The van der Waals surface area contributed by atoms with E-state index in [0.717, 1.165) is 18.5 Å². The summed E-state index contributed by atoms with van der Waals surface area (Å²) in [7, 11) is 0. The van der Waals surface area contributed by atoms with Crippen molar-refractivity contribution in [1.29, 1.82) is 0 Å². The molecular formula is C16H34N2. The van der Waals surface area contributed by atoms with E-state index in [9.17, 15) is 0 Å². The molecule has 1 saturated heterocycles. The second-order valence-corrected chi connectivity index (χ2v) is 6.32. The summed E-state index contributed by atoms with van der Waals surface area (Å²) in [5, 5.41) is 3.58. The largest absolute Gasteiger partial charge is 0.316 e. The number of rotatable bonds is 7. The van der Waals surface area contributed by atoms with E-state index in [0.29, 0.717) is 5.41 Å². The third kappa shape index (κ3) is 3.96. The number of likely N-dealkylation sites (tertiary alicyclic amines) is 1. The first-order valence-corrected chi connectivity index (χ1v) is 8.03. The Labute approximate surface area is 115 Å². The number of piperidine rings is 1. The first kappa shape index (κ1) is 16.0. The molecule has 0 amide bonds. The van der Waals surface area contributed by atoms with Gasteiger partial charge in [-0.2, -0.15) is 0 Å². The summed E-state index contributed by atoms with van der Waals surface area (Å²) in [6, 6.07) is 0.762. The molecule has 1 aliphatic rings. The molecule has 0 aromatic rings. The average Bonchev–Trinajstić information content (AvgIpc) is 2.40. The monoisotopic (exact) mass is 254 g/mol. The average molecular weight is 254 g/mol. The van der Waals surface area contributed by atoms with Crippen LogP contribution in [0.25, 0.3) is 0 Å². The molecule has 1 heterocycles. The first-order valence-electron chi connectivity index (χ1n) is 8.03. The van der Waals surface area contributed by atoms with Crippen LogP contribution < -0.4 is 5.32 Å². The zero-order valence-corrected chi connectivity index (χ0v) is 13.3. The van der Waals surface area contributed by atoms with Crippen LogP contribution in [0.1, 0.15) is 60.3 Å². The topological polar surface area (TPSA) is 15.3 Å². The summed E-state index contributed by atoms with van der Waals surface area (Å²) < 4.78 is 0. The standard InChI is InChI=1S/C16H34N2/c1-6-16(7-2,12-17-8-3)13-18-11-9-10-14(4)15(18)5/h14-15,17H,6-13H2,1-5H3. The minimum Gasteiger partial charge on any atom is -0.316 e. The van der Waals surface area contributed by atoms with Gasteiger partial charge in [-0.25, -0.2) is 0 Å². The molecule has 2 heteroatoms. The highest BCUT2D eigenvalue weighted by Crippen LogP contribution is 2.31. The fourth-order valence-corrected chi connectivity index (χ4v) is 3.24. The molecule has 0 aromatic heterocycles. The first-order chi connectivity index (χ1) is 8.58. The van der Waals surface area contributed by atoms with Crippen LogP contribution in [0.4, 0.5) is 0 Å². The molecule has 0 saturated carbocycles. The Balaban J connectivity index is 2.63. The van der Waals surface area contributed by atoms with Gasteiger partial charge in [0.25, 0.3) is 0 Å². The van der Waals surface area contributed by atoms with Gasteiger partial charge in [0.2, 0.25) is 0 Å². The second-order valence-electron chi connectivity index (χ2n) is 6.32. The van der Waals surface area contributed by atoms with E-state index in [-0.39, 0.29) is 0 Å². The molecular weight excluding hydrogens is 220 g/mol. The van der Waals surface area contributed by atoms with Crippen molar-refractivity contribution < 1.29 is 0 Å². The fraction of sp³-hybridized carbons (Fsp3) is 1.00. The van der Waals surface area contributed by atoms with Crippen molar-refractivity contribution >= 4 is 0 Å². The lowest BCUT2D eigenvalue weighted by Crippen LogP contribution is -2.50. The van der Waals surface area contributed by atoms with Gasteiger partial charge in [0.1, 0.15) is 0 Å². The van der Waals surface area contributed by atoms with E-state index in [1.54, 1.807) is 0 Å². The molecule has 1 fully saturated rings. The molecule has 18 heavy (non-hydrogen) atoms. The highest BCUT2D eigenvalue weighted by Gasteiger charge is 2.33. The van der Waals surface area contributed by atoms with E-state index >= 15 is 0 Å². The van der Waals surface area contributed by atoms with Crippen molar-refractivity contribution in [3.63, 3.8) is 0 Å². The van der Waals surface area contributed by atoms with Gasteiger partial charge in [0.05, 0.1) is 0 Å². The summed E-state index contributed by atoms with van der Waals surface area (Å²) in [5.41, 5.74) is 0.474. The molecule has 1 aliphatic heterocycles. The smallest absolute Gasteiger partial charge is 0.00928 e. The van der Waals surface area contributed by atoms with Crippen LogP contribution in [-0.2, 0) is 0 Å². The number of hydrogen-bond acceptors (Lipinski definition) is 2. The minimum absolute atomic E-state index is 0.474. The molecule has 0 spiro atoms. The van der Waals surface area contributed by atoms with Crippen LogP contribution >= 0.6 is 0 Å². The fourth-order valence-electron chi connectivity index (χ4n) is 3.24. The number of nitrogens with zero attached hydrogens (tertiary/aromatic N) is 1. The quantitative estimate of drug-likeness (QED) is 0.748. The molecule has 0 bridgehead atoms. The zero-order valence-electron chi connectivity index (χ0n) is 13.3. The highest BCUT2D eigenvalue weighted by atomic mass is 15.2. The van der Waals surface area contributed by atoms with Gasteiger partial charge in [-0.15, -0.1) is 0 Å². The second kappa shape index (κ2) is 7.49. The predicted molar refractivity (Wildman–Crippen MR) is 81.0 cm³/mol. The molecule has 0 aliphatic carbocycles. The van der Waals surface area contributed by atoms with E-state index < -0.39 is 0 Å². The lowest BCUT2D eigenvalue weighted by atomic mass is 9.80. The van der Waals surface area contributed by atoms with Crippen LogP contribution in [0.5, 0.6) is 0 Å². The summed E-state index contributed by atoms with van der Waals surface area (Å²) >= 11 is 0. The van der Waals surface area contributed by atoms with E-state index in [1.807, 2.05) is 0 Å². The molecule has 2 atom stereocenters. The van der Waals surface area contributed by atoms with Crippen LogP contribution in [0.15, 0.2) is 0 Å². The number of nitrogens with one attached hydrogen (secondary N) is 1. The maximum absolute atomic E-state index is 3.58. The van der Waals surface area contributed by atoms with Gasteiger partial charge in [0, 0.05) is 19.1 Å². The van der Waals surface area contributed by atoms with Crippen molar-refractivity contribution in [2.75, 3.05) is 26.2 Å². The summed E-state index contributed by atoms with van der Waals surface area (Å²) in [6.45, 7) is 16.6. The van der Waals surface area contributed by atoms with Gasteiger partial charge < -0.3 is 5.32 Å². The summed E-state index contributed by atoms with van der Waals surface area (Å²) in [6.07, 6.45) is 5.37. The van der Waals surface area contributed by atoms with Gasteiger partial charge in [-0.1, -0.05) is 27.7 Å². The van der Waals surface area contributed by atoms with Crippen molar-refractivity contribution in [1.82, 2.24) is 10.2 Å². The Kier molecular flexibility index (Phi) is 6.65. The maximum Gasteiger partial charge on any atom is 0.00928 e. The molecule has 2 unspecified atom stereocenters. The maximum atomic E-state index is 3.58. The van der Waals surface area contributed by atoms with Crippen molar-refractivity contribution in [2.45, 2.75) is 66.3 Å². The van der Waals surface area contributed by atoms with Crippen molar-refractivity contribution in [2.24, 2.45) is 11.3 Å². The molecule has 108 valence electrons. The molecule has 1 rings (SSSR count). The summed E-state index contributed by atoms with van der Waals surface area (Å²) in [4.78, 5) is 2.75. The highest BCUT2D eigenvalue weighted by molar-refractivity contribution is 4.87. The van der Waals surface area contributed by atoms with Gasteiger partial charge in [-0.05, 0) is 57.0 Å². The Morgan fingerprint density at radius 1 is 1.17 bits per heavy atom. The zero-order chi connectivity index (χ0) is 13.6. The van der Waals surface area contributed by atoms with Crippen LogP contribution in [0, 0.1) is 11.3 Å². The molecule has 1 N–H and O–H groups in total. The Hall–Kier alpha value is -0.0800. The van der Waals surface area contributed by atoms with Crippen LogP contribution in [-0.4, -0.2) is 37.1 Å². The minimum atomic E-state index is 0.474. The van der Waals surface area contributed by atoms with Gasteiger partial charge in [0.15, 0.2) is 0 Å². The third-order valence-corrected chi connectivity index (χ3v) is 5.29. The summed E-state index contributed by atoms with van der Waals surface area (Å²) in [5.74, 6) is 0.865. The van der Waals surface area contributed by atoms with Gasteiger partial charge >= 0.3 is 0 Å². The molecule has 0 radical (unpaired) electrons. The Bertz CT molecular complexity index is 223. The Morgan fingerprint density at radius 2 is 1.83 bits per heavy atom. The molecule has 2 nitrogen and oxygen atoms in total. The predicted octanol–water partition coefficient (Wildman–Crippen LogP) is 3.52. The lowest BCUT2D eigenvalue weighted by molar-refractivity contribution is 0.0544. The van der Waals surface area contributed by atoms with Crippen molar-refractivity contribution in [3.05, 3.63) is 0 Å². The normalized spacial score (nSPS) is 26.5. The molecule has 0 aromatic carbocycles.